The van der Waals surface area contributed by atoms with Gasteiger partial charge < -0.3 is 19.4 Å². The van der Waals surface area contributed by atoms with Gasteiger partial charge in [0.05, 0.1) is 25.4 Å². The Kier molecular flexibility index (Phi) is 4.93. The predicted molar refractivity (Wildman–Crippen MR) is 98.8 cm³/mol. The van der Waals surface area contributed by atoms with Crippen LogP contribution < -0.4 is 14.8 Å². The third-order valence-corrected chi connectivity index (χ3v) is 4.21. The van der Waals surface area contributed by atoms with Gasteiger partial charge in [0.2, 0.25) is 5.91 Å². The fourth-order valence-corrected chi connectivity index (χ4v) is 3.01. The summed E-state index contributed by atoms with van der Waals surface area (Å²) in [4.78, 5) is 11.1. The topological polar surface area (TPSA) is 52.5 Å². The lowest BCUT2D eigenvalue weighted by Crippen LogP contribution is -2.22. The number of ether oxygens (including phenoxy) is 2. The first-order valence-corrected chi connectivity index (χ1v) is 8.20. The molecule has 0 aliphatic rings. The first-order valence-electron chi connectivity index (χ1n) is 8.20. The van der Waals surface area contributed by atoms with Crippen LogP contribution >= 0.6 is 0 Å². The van der Waals surface area contributed by atoms with Gasteiger partial charge in [-0.2, -0.15) is 0 Å². The van der Waals surface area contributed by atoms with Crippen LogP contribution in [0.1, 0.15) is 12.5 Å². The van der Waals surface area contributed by atoms with Crippen LogP contribution in [-0.4, -0.2) is 31.2 Å². The summed E-state index contributed by atoms with van der Waals surface area (Å²) in [6.07, 6.45) is 2.86. The Hall–Kier alpha value is -2.95. The zero-order valence-electron chi connectivity index (χ0n) is 14.7. The first kappa shape index (κ1) is 16.9. The Morgan fingerprint density at radius 2 is 1.92 bits per heavy atom. The van der Waals surface area contributed by atoms with Crippen LogP contribution in [0.2, 0.25) is 0 Å². The summed E-state index contributed by atoms with van der Waals surface area (Å²) in [5, 5.41) is 4.02. The minimum atomic E-state index is -0.0156. The number of aromatic nitrogens is 1. The molecule has 0 unspecified atom stereocenters. The maximum atomic E-state index is 11.1. The summed E-state index contributed by atoms with van der Waals surface area (Å²) in [5.74, 6) is 1.53. The van der Waals surface area contributed by atoms with E-state index in [1.165, 1.54) is 12.5 Å². The minimum absolute atomic E-state index is 0.0156. The number of rotatable bonds is 6. The molecule has 0 fully saturated rings. The lowest BCUT2D eigenvalue weighted by atomic mass is 10.1. The minimum Gasteiger partial charge on any atom is -0.497 e. The van der Waals surface area contributed by atoms with Crippen molar-refractivity contribution in [3.05, 3.63) is 54.2 Å². The molecule has 0 radical (unpaired) electrons. The molecular formula is C20H22N2O3. The Balaban J connectivity index is 2.09. The number of fused-ring (bicyclic) bond motifs is 1. The van der Waals surface area contributed by atoms with Crippen molar-refractivity contribution in [2.75, 3.05) is 20.8 Å². The molecule has 25 heavy (non-hydrogen) atoms. The molecule has 3 aromatic rings. The third-order valence-electron chi connectivity index (χ3n) is 4.21. The summed E-state index contributed by atoms with van der Waals surface area (Å²) in [6, 6.07) is 14.0. The molecule has 5 nitrogen and oxygen atoms in total. The standard InChI is InChI=1S/C20H22N2O3/c1-14(23)21-11-10-15-13-22(18-7-5-4-6-17(15)18)19-12-16(24-2)8-9-20(19)25-3/h4-9,12-13H,10-11H2,1-3H3,(H,21,23). The van der Waals surface area contributed by atoms with Crippen LogP contribution in [0.15, 0.2) is 48.7 Å². The van der Waals surface area contributed by atoms with Crippen molar-refractivity contribution < 1.29 is 14.3 Å². The molecule has 0 aliphatic heterocycles. The highest BCUT2D eigenvalue weighted by molar-refractivity contribution is 5.86. The molecule has 5 heteroatoms. The summed E-state index contributed by atoms with van der Waals surface area (Å²) < 4.78 is 13.0. The van der Waals surface area contributed by atoms with Gasteiger partial charge in [0.15, 0.2) is 0 Å². The van der Waals surface area contributed by atoms with Crippen LogP contribution in [0.3, 0.4) is 0 Å². The van der Waals surface area contributed by atoms with Crippen molar-refractivity contribution in [3.63, 3.8) is 0 Å². The lowest BCUT2D eigenvalue weighted by molar-refractivity contribution is -0.118. The van der Waals surface area contributed by atoms with E-state index < -0.39 is 0 Å². The van der Waals surface area contributed by atoms with Crippen molar-refractivity contribution in [2.24, 2.45) is 0 Å². The molecule has 0 aliphatic carbocycles. The highest BCUT2D eigenvalue weighted by Gasteiger charge is 2.13. The average molecular weight is 338 g/mol. The molecule has 1 N–H and O–H groups in total. The summed E-state index contributed by atoms with van der Waals surface area (Å²) in [5.41, 5.74) is 3.19. The molecule has 0 saturated heterocycles. The molecule has 1 amide bonds. The van der Waals surface area contributed by atoms with E-state index in [1.807, 2.05) is 30.3 Å². The van der Waals surface area contributed by atoms with E-state index in [0.717, 1.165) is 34.5 Å². The molecule has 0 saturated carbocycles. The van der Waals surface area contributed by atoms with Crippen LogP contribution in [-0.2, 0) is 11.2 Å². The zero-order valence-corrected chi connectivity index (χ0v) is 14.7. The Labute approximate surface area is 147 Å². The smallest absolute Gasteiger partial charge is 0.216 e. The zero-order chi connectivity index (χ0) is 17.8. The summed E-state index contributed by atoms with van der Waals surface area (Å²) in [7, 11) is 3.31. The summed E-state index contributed by atoms with van der Waals surface area (Å²) in [6.45, 7) is 2.14. The van der Waals surface area contributed by atoms with Gasteiger partial charge in [-0.05, 0) is 30.2 Å². The maximum Gasteiger partial charge on any atom is 0.216 e. The molecule has 1 heterocycles. The average Bonchev–Trinajstić information content (AvgIpc) is 2.99. The Morgan fingerprint density at radius 3 is 2.64 bits per heavy atom. The van der Waals surface area contributed by atoms with Crippen molar-refractivity contribution in [2.45, 2.75) is 13.3 Å². The Bertz CT molecular complexity index is 899. The summed E-state index contributed by atoms with van der Waals surface area (Å²) >= 11 is 0. The lowest BCUT2D eigenvalue weighted by Gasteiger charge is -2.12. The van der Waals surface area contributed by atoms with E-state index in [0.29, 0.717) is 6.54 Å². The normalized spacial score (nSPS) is 10.7. The molecule has 2 aromatic carbocycles. The van der Waals surface area contributed by atoms with Crippen molar-refractivity contribution in [1.29, 1.82) is 0 Å². The van der Waals surface area contributed by atoms with E-state index in [4.69, 9.17) is 9.47 Å². The number of amides is 1. The highest BCUT2D eigenvalue weighted by atomic mass is 16.5. The number of nitrogens with zero attached hydrogens (tertiary/aromatic N) is 1. The monoisotopic (exact) mass is 338 g/mol. The van der Waals surface area contributed by atoms with Gasteiger partial charge in [-0.3, -0.25) is 4.79 Å². The first-order chi connectivity index (χ1) is 12.1. The quantitative estimate of drug-likeness (QED) is 0.750. The van der Waals surface area contributed by atoms with Gasteiger partial charge in [-0.25, -0.2) is 0 Å². The fraction of sp³-hybridized carbons (Fsp3) is 0.250. The number of carbonyl (C=O) groups excluding carboxylic acids is 1. The number of hydrogen-bond donors (Lipinski definition) is 1. The number of benzene rings is 2. The van der Waals surface area contributed by atoms with Gasteiger partial charge >= 0.3 is 0 Å². The van der Waals surface area contributed by atoms with E-state index >= 15 is 0 Å². The maximum absolute atomic E-state index is 11.1. The van der Waals surface area contributed by atoms with Crippen LogP contribution in [0, 0.1) is 0 Å². The number of nitrogens with one attached hydrogen (secondary N) is 1. The largest absolute Gasteiger partial charge is 0.497 e. The molecule has 1 aromatic heterocycles. The third kappa shape index (κ3) is 3.45. The molecule has 0 bridgehead atoms. The van der Waals surface area contributed by atoms with E-state index in [-0.39, 0.29) is 5.91 Å². The fourth-order valence-electron chi connectivity index (χ4n) is 3.01. The van der Waals surface area contributed by atoms with Gasteiger partial charge in [0.1, 0.15) is 11.5 Å². The van der Waals surface area contributed by atoms with E-state index in [2.05, 4.69) is 28.2 Å². The molecule has 3 rings (SSSR count). The second-order valence-corrected chi connectivity index (χ2v) is 5.81. The Morgan fingerprint density at radius 1 is 1.12 bits per heavy atom. The SMILES string of the molecule is COc1ccc(OC)c(-n2cc(CCNC(C)=O)c3ccccc32)c1. The van der Waals surface area contributed by atoms with Crippen molar-refractivity contribution >= 4 is 16.8 Å². The van der Waals surface area contributed by atoms with E-state index in [9.17, 15) is 4.79 Å². The predicted octanol–water partition coefficient (Wildman–Crippen LogP) is 3.33. The van der Waals surface area contributed by atoms with Crippen LogP contribution in [0.4, 0.5) is 0 Å². The highest BCUT2D eigenvalue weighted by Crippen LogP contribution is 2.32. The molecule has 0 spiro atoms. The van der Waals surface area contributed by atoms with Gasteiger partial charge in [0.25, 0.3) is 0 Å². The second-order valence-electron chi connectivity index (χ2n) is 5.81. The number of carbonyl (C=O) groups is 1. The van der Waals surface area contributed by atoms with E-state index in [1.54, 1.807) is 14.2 Å². The second kappa shape index (κ2) is 7.30. The molecule has 0 atom stereocenters. The van der Waals surface area contributed by atoms with Gasteiger partial charge in [-0.1, -0.05) is 18.2 Å². The molecular weight excluding hydrogens is 316 g/mol. The number of hydrogen-bond acceptors (Lipinski definition) is 3. The van der Waals surface area contributed by atoms with Gasteiger partial charge in [-0.15, -0.1) is 0 Å². The number of methoxy groups -OCH3 is 2. The van der Waals surface area contributed by atoms with Crippen molar-refractivity contribution in [1.82, 2.24) is 9.88 Å². The number of para-hydroxylation sites is 1. The van der Waals surface area contributed by atoms with Crippen LogP contribution in [0.25, 0.3) is 16.6 Å². The molecule has 130 valence electrons. The van der Waals surface area contributed by atoms with Gasteiger partial charge in [0, 0.05) is 31.1 Å². The van der Waals surface area contributed by atoms with Crippen LogP contribution in [0.5, 0.6) is 11.5 Å². The van der Waals surface area contributed by atoms with Crippen molar-refractivity contribution in [3.8, 4) is 17.2 Å².